The lowest BCUT2D eigenvalue weighted by atomic mass is 9.94. The van der Waals surface area contributed by atoms with Crippen molar-refractivity contribution in [1.29, 1.82) is 0 Å². The van der Waals surface area contributed by atoms with Crippen molar-refractivity contribution in [3.05, 3.63) is 34.5 Å². The van der Waals surface area contributed by atoms with Crippen LogP contribution in [0.4, 0.5) is 0 Å². The van der Waals surface area contributed by atoms with Crippen molar-refractivity contribution in [1.82, 2.24) is 10.3 Å². The summed E-state index contributed by atoms with van der Waals surface area (Å²) < 4.78 is 0. The Bertz CT molecular complexity index is 589. The molecule has 2 nitrogen and oxygen atoms in total. The Morgan fingerprint density at radius 3 is 2.63 bits per heavy atom. The second kappa shape index (κ2) is 5.01. The number of fused-ring (bicyclic) bond motifs is 1. The molecule has 1 saturated heterocycles. The summed E-state index contributed by atoms with van der Waals surface area (Å²) in [7, 11) is 0. The average Bonchev–Trinajstić information content (AvgIpc) is 2.74. The molecular formula is C17H24N2. The molecule has 0 aliphatic carbocycles. The van der Waals surface area contributed by atoms with Crippen LogP contribution in [0, 0.1) is 20.8 Å². The number of hydrogen-bond acceptors (Lipinski definition) is 1. The lowest BCUT2D eigenvalue weighted by Gasteiger charge is -2.23. The lowest BCUT2D eigenvalue weighted by Crippen LogP contribution is -2.35. The van der Waals surface area contributed by atoms with Crippen LogP contribution in [0.1, 0.15) is 41.6 Å². The number of rotatable bonds is 2. The molecular weight excluding hydrogens is 232 g/mol. The monoisotopic (exact) mass is 256 g/mol. The molecule has 2 heterocycles. The number of aromatic amines is 1. The molecule has 0 saturated carbocycles. The molecule has 19 heavy (non-hydrogen) atoms. The summed E-state index contributed by atoms with van der Waals surface area (Å²) in [4.78, 5) is 3.60. The third-order valence-electron chi connectivity index (χ3n) is 4.55. The highest BCUT2D eigenvalue weighted by atomic mass is 14.9. The number of aromatic nitrogens is 1. The van der Waals surface area contributed by atoms with E-state index in [9.17, 15) is 0 Å². The summed E-state index contributed by atoms with van der Waals surface area (Å²) in [6.45, 7) is 7.83. The zero-order valence-corrected chi connectivity index (χ0v) is 12.3. The van der Waals surface area contributed by atoms with Crippen LogP contribution < -0.4 is 5.32 Å². The Labute approximate surface area is 115 Å². The molecule has 1 aromatic heterocycles. The van der Waals surface area contributed by atoms with Crippen LogP contribution in [-0.2, 0) is 6.42 Å². The van der Waals surface area contributed by atoms with E-state index in [1.165, 1.54) is 59.1 Å². The fraction of sp³-hybridized carbons (Fsp3) is 0.529. The molecule has 2 aromatic rings. The van der Waals surface area contributed by atoms with Crippen LogP contribution in [0.15, 0.2) is 12.1 Å². The summed E-state index contributed by atoms with van der Waals surface area (Å²) in [6, 6.07) is 5.13. The van der Waals surface area contributed by atoms with Gasteiger partial charge in [0.15, 0.2) is 0 Å². The van der Waals surface area contributed by atoms with Gasteiger partial charge in [-0.15, -0.1) is 0 Å². The minimum atomic E-state index is 0.659. The first-order chi connectivity index (χ1) is 9.16. The van der Waals surface area contributed by atoms with Crippen molar-refractivity contribution in [2.75, 3.05) is 6.54 Å². The molecule has 3 rings (SSSR count). The third kappa shape index (κ3) is 2.30. The number of aryl methyl sites for hydroxylation is 3. The van der Waals surface area contributed by atoms with Crippen molar-refractivity contribution < 1.29 is 0 Å². The van der Waals surface area contributed by atoms with Crippen LogP contribution in [0.3, 0.4) is 0 Å². The highest BCUT2D eigenvalue weighted by Gasteiger charge is 2.18. The minimum Gasteiger partial charge on any atom is -0.358 e. The molecule has 0 bridgehead atoms. The Morgan fingerprint density at radius 1 is 1.11 bits per heavy atom. The van der Waals surface area contributed by atoms with Crippen LogP contribution in [0.2, 0.25) is 0 Å². The van der Waals surface area contributed by atoms with Crippen molar-refractivity contribution in [2.45, 2.75) is 52.5 Å². The molecule has 0 amide bonds. The van der Waals surface area contributed by atoms with Gasteiger partial charge in [-0.05, 0) is 63.3 Å². The fourth-order valence-corrected chi connectivity index (χ4v) is 3.41. The van der Waals surface area contributed by atoms with Gasteiger partial charge < -0.3 is 10.3 Å². The van der Waals surface area contributed by atoms with Crippen LogP contribution in [0.5, 0.6) is 0 Å². The summed E-state index contributed by atoms with van der Waals surface area (Å²) in [5.74, 6) is 0. The topological polar surface area (TPSA) is 27.8 Å². The van der Waals surface area contributed by atoms with E-state index in [4.69, 9.17) is 0 Å². The summed E-state index contributed by atoms with van der Waals surface area (Å²) >= 11 is 0. The average molecular weight is 256 g/mol. The molecule has 2 N–H and O–H groups in total. The van der Waals surface area contributed by atoms with Gasteiger partial charge in [0, 0.05) is 22.6 Å². The summed E-state index contributed by atoms with van der Waals surface area (Å²) in [6.07, 6.45) is 5.19. The zero-order valence-electron chi connectivity index (χ0n) is 12.3. The molecule has 0 spiro atoms. The lowest BCUT2D eigenvalue weighted by molar-refractivity contribution is 0.399. The van der Waals surface area contributed by atoms with Gasteiger partial charge in [-0.3, -0.25) is 0 Å². The predicted octanol–water partition coefficient (Wildman–Crippen LogP) is 3.78. The Kier molecular flexibility index (Phi) is 3.36. The number of benzene rings is 1. The van der Waals surface area contributed by atoms with E-state index in [0.717, 1.165) is 6.42 Å². The summed E-state index contributed by atoms with van der Waals surface area (Å²) in [5.41, 5.74) is 6.96. The number of nitrogens with one attached hydrogen (secondary N) is 2. The Hall–Kier alpha value is -1.28. The molecule has 1 aromatic carbocycles. The SMILES string of the molecule is Cc1[nH]c2c(C)ccc(C)c2c1CC1CCCCN1. The molecule has 0 radical (unpaired) electrons. The molecule has 1 aliphatic heterocycles. The maximum atomic E-state index is 3.67. The van der Waals surface area contributed by atoms with Crippen molar-refractivity contribution >= 4 is 10.9 Å². The van der Waals surface area contributed by atoms with E-state index in [-0.39, 0.29) is 0 Å². The standard InChI is InChI=1S/C17H24N2/c1-11-7-8-12(2)17-16(11)15(13(3)19-17)10-14-6-4-5-9-18-14/h7-8,14,18-19H,4-6,9-10H2,1-3H3. The van der Waals surface area contributed by atoms with Gasteiger partial charge in [0.1, 0.15) is 0 Å². The first-order valence-corrected chi connectivity index (χ1v) is 7.47. The molecule has 1 fully saturated rings. The second-order valence-corrected chi connectivity index (χ2v) is 6.03. The Balaban J connectivity index is 2.02. The van der Waals surface area contributed by atoms with Crippen molar-refractivity contribution in [2.24, 2.45) is 0 Å². The van der Waals surface area contributed by atoms with E-state index in [1.54, 1.807) is 0 Å². The van der Waals surface area contributed by atoms with E-state index < -0.39 is 0 Å². The number of hydrogen-bond donors (Lipinski definition) is 2. The van der Waals surface area contributed by atoms with Crippen LogP contribution in [-0.4, -0.2) is 17.6 Å². The zero-order chi connectivity index (χ0) is 13.4. The number of piperidine rings is 1. The largest absolute Gasteiger partial charge is 0.358 e. The van der Waals surface area contributed by atoms with Gasteiger partial charge in [-0.2, -0.15) is 0 Å². The predicted molar refractivity (Wildman–Crippen MR) is 81.9 cm³/mol. The van der Waals surface area contributed by atoms with Crippen LogP contribution >= 0.6 is 0 Å². The van der Waals surface area contributed by atoms with Crippen molar-refractivity contribution in [3.8, 4) is 0 Å². The quantitative estimate of drug-likeness (QED) is 0.841. The molecule has 1 unspecified atom stereocenters. The Morgan fingerprint density at radius 2 is 1.89 bits per heavy atom. The van der Waals surface area contributed by atoms with Crippen LogP contribution in [0.25, 0.3) is 10.9 Å². The fourth-order valence-electron chi connectivity index (χ4n) is 3.41. The highest BCUT2D eigenvalue weighted by molar-refractivity contribution is 5.90. The van der Waals surface area contributed by atoms with E-state index in [0.29, 0.717) is 6.04 Å². The van der Waals surface area contributed by atoms with E-state index >= 15 is 0 Å². The van der Waals surface area contributed by atoms with Gasteiger partial charge in [-0.1, -0.05) is 18.6 Å². The van der Waals surface area contributed by atoms with Crippen molar-refractivity contribution in [3.63, 3.8) is 0 Å². The second-order valence-electron chi connectivity index (χ2n) is 6.03. The summed E-state index contributed by atoms with van der Waals surface area (Å²) in [5, 5.41) is 5.13. The molecule has 2 heteroatoms. The first-order valence-electron chi connectivity index (χ1n) is 7.47. The van der Waals surface area contributed by atoms with E-state index in [1.807, 2.05) is 0 Å². The van der Waals surface area contributed by atoms with Gasteiger partial charge in [-0.25, -0.2) is 0 Å². The molecule has 1 atom stereocenters. The molecule has 1 aliphatic rings. The van der Waals surface area contributed by atoms with Gasteiger partial charge >= 0.3 is 0 Å². The van der Waals surface area contributed by atoms with Gasteiger partial charge in [0.2, 0.25) is 0 Å². The number of H-pyrrole nitrogens is 1. The van der Waals surface area contributed by atoms with Gasteiger partial charge in [0.05, 0.1) is 0 Å². The molecule has 102 valence electrons. The maximum Gasteiger partial charge on any atom is 0.0491 e. The normalized spacial score (nSPS) is 20.1. The van der Waals surface area contributed by atoms with Gasteiger partial charge in [0.25, 0.3) is 0 Å². The smallest absolute Gasteiger partial charge is 0.0491 e. The minimum absolute atomic E-state index is 0.659. The highest BCUT2D eigenvalue weighted by Crippen LogP contribution is 2.29. The first kappa shape index (κ1) is 12.7. The maximum absolute atomic E-state index is 3.67. The third-order valence-corrected chi connectivity index (χ3v) is 4.55. The van der Waals surface area contributed by atoms with E-state index in [2.05, 4.69) is 43.2 Å².